The zero-order chi connectivity index (χ0) is 13.0. The minimum atomic E-state index is -0.622. The van der Waals surface area contributed by atoms with E-state index in [-0.39, 0.29) is 5.69 Å². The molecule has 1 rings (SSSR count). The van der Waals surface area contributed by atoms with Gasteiger partial charge in [-0.2, -0.15) is 0 Å². The maximum atomic E-state index is 11.0. The molecule has 0 unspecified atom stereocenters. The highest BCUT2D eigenvalue weighted by molar-refractivity contribution is 5.86. The number of carbonyl (C=O) groups is 1. The van der Waals surface area contributed by atoms with E-state index in [0.29, 0.717) is 11.4 Å². The van der Waals surface area contributed by atoms with Gasteiger partial charge in [0.15, 0.2) is 0 Å². The molecule has 0 saturated heterocycles. The monoisotopic (exact) mass is 239 g/mol. The zero-order valence-electron chi connectivity index (χ0n) is 9.76. The third-order valence-electron chi connectivity index (χ3n) is 2.09. The average molecular weight is 239 g/mol. The fourth-order valence-corrected chi connectivity index (χ4v) is 1.28. The molecule has 1 amide bonds. The van der Waals surface area contributed by atoms with Crippen molar-refractivity contribution in [1.29, 1.82) is 0 Å². The minimum absolute atomic E-state index is 0.0228. The number of carbonyl (C=O) groups excluding carboxylic acids is 1. The van der Waals surface area contributed by atoms with Crippen LogP contribution in [-0.4, -0.2) is 32.2 Å². The Labute approximate surface area is 98.1 Å². The molecule has 17 heavy (non-hydrogen) atoms. The van der Waals surface area contributed by atoms with Crippen molar-refractivity contribution in [1.82, 2.24) is 0 Å². The molecule has 1 aromatic rings. The summed E-state index contributed by atoms with van der Waals surface area (Å²) < 4.78 is 4.43. The molecule has 0 aliphatic rings. The number of hydrogen-bond donors (Lipinski definition) is 1. The van der Waals surface area contributed by atoms with Gasteiger partial charge >= 0.3 is 6.09 Å². The van der Waals surface area contributed by atoms with Crippen LogP contribution < -0.4 is 10.2 Å². The van der Waals surface area contributed by atoms with Crippen LogP contribution in [0.3, 0.4) is 0 Å². The normalized spacial score (nSPS) is 9.59. The smallest absolute Gasteiger partial charge is 0.411 e. The van der Waals surface area contributed by atoms with Gasteiger partial charge in [0.25, 0.3) is 5.69 Å². The van der Waals surface area contributed by atoms with Crippen molar-refractivity contribution in [3.63, 3.8) is 0 Å². The largest absolute Gasteiger partial charge is 0.453 e. The van der Waals surface area contributed by atoms with E-state index in [1.54, 1.807) is 19.0 Å². The number of nitro benzene ring substituents is 1. The number of nitro groups is 1. The predicted octanol–water partition coefficient (Wildman–Crippen LogP) is 1.84. The van der Waals surface area contributed by atoms with Crippen LogP contribution in [0.15, 0.2) is 18.2 Å². The van der Waals surface area contributed by atoms with E-state index in [1.807, 2.05) is 0 Å². The molecule has 7 heteroatoms. The summed E-state index contributed by atoms with van der Waals surface area (Å²) in [6, 6.07) is 4.29. The van der Waals surface area contributed by atoms with Crippen molar-refractivity contribution >= 4 is 23.2 Å². The second-order valence-electron chi connectivity index (χ2n) is 3.47. The van der Waals surface area contributed by atoms with E-state index in [4.69, 9.17) is 0 Å². The van der Waals surface area contributed by atoms with Crippen LogP contribution in [-0.2, 0) is 4.74 Å². The molecule has 0 saturated carbocycles. The Hall–Kier alpha value is -2.31. The van der Waals surface area contributed by atoms with Crippen molar-refractivity contribution in [2.75, 3.05) is 31.4 Å². The van der Waals surface area contributed by atoms with Gasteiger partial charge in [-0.05, 0) is 12.1 Å². The maximum absolute atomic E-state index is 11.0. The van der Waals surface area contributed by atoms with Crippen molar-refractivity contribution in [2.45, 2.75) is 0 Å². The summed E-state index contributed by atoms with van der Waals surface area (Å²) in [5, 5.41) is 13.2. The number of ether oxygens (including phenoxy) is 1. The molecule has 0 radical (unpaired) electrons. The first-order valence-electron chi connectivity index (χ1n) is 4.76. The molecule has 0 heterocycles. The van der Waals surface area contributed by atoms with E-state index < -0.39 is 11.0 Å². The van der Waals surface area contributed by atoms with E-state index in [1.165, 1.54) is 25.3 Å². The molecule has 0 spiro atoms. The van der Waals surface area contributed by atoms with Crippen molar-refractivity contribution in [2.24, 2.45) is 0 Å². The Morgan fingerprint density at radius 2 is 2.12 bits per heavy atom. The number of rotatable bonds is 3. The lowest BCUT2D eigenvalue weighted by molar-refractivity contribution is -0.384. The molecule has 0 bridgehead atoms. The summed E-state index contributed by atoms with van der Waals surface area (Å²) in [6.45, 7) is 0. The topological polar surface area (TPSA) is 84.7 Å². The second kappa shape index (κ2) is 5.15. The lowest BCUT2D eigenvalue weighted by Crippen LogP contribution is -2.14. The number of hydrogen-bond acceptors (Lipinski definition) is 5. The number of nitrogens with zero attached hydrogens (tertiary/aromatic N) is 2. The van der Waals surface area contributed by atoms with Crippen LogP contribution in [0.4, 0.5) is 21.9 Å². The van der Waals surface area contributed by atoms with E-state index >= 15 is 0 Å². The maximum Gasteiger partial charge on any atom is 0.411 e. The SMILES string of the molecule is COC(=O)Nc1ccc([N+](=O)[O-])c(N(C)C)c1. The molecule has 0 aliphatic carbocycles. The lowest BCUT2D eigenvalue weighted by Gasteiger charge is -2.14. The van der Waals surface area contributed by atoms with Gasteiger partial charge in [-0.1, -0.05) is 0 Å². The third-order valence-corrected chi connectivity index (χ3v) is 2.09. The van der Waals surface area contributed by atoms with E-state index in [0.717, 1.165) is 0 Å². The van der Waals surface area contributed by atoms with Gasteiger partial charge in [0.05, 0.1) is 12.0 Å². The quantitative estimate of drug-likeness (QED) is 0.642. The van der Waals surface area contributed by atoms with Crippen LogP contribution in [0.2, 0.25) is 0 Å². The highest BCUT2D eigenvalue weighted by Gasteiger charge is 2.16. The molecule has 0 aromatic heterocycles. The first kappa shape index (κ1) is 12.8. The standard InChI is InChI=1S/C10H13N3O4/c1-12(2)9-6-7(11-10(14)17-3)4-5-8(9)13(15)16/h4-6H,1-3H3,(H,11,14). The summed E-state index contributed by atoms with van der Waals surface area (Å²) in [5.74, 6) is 0. The van der Waals surface area contributed by atoms with E-state index in [2.05, 4.69) is 10.1 Å². The third kappa shape index (κ3) is 3.07. The average Bonchev–Trinajstić information content (AvgIpc) is 2.28. The summed E-state index contributed by atoms with van der Waals surface area (Å²) in [6.07, 6.45) is -0.622. The van der Waals surface area contributed by atoms with Gasteiger partial charge in [-0.15, -0.1) is 0 Å². The molecule has 1 N–H and O–H groups in total. The van der Waals surface area contributed by atoms with Crippen LogP contribution >= 0.6 is 0 Å². The highest BCUT2D eigenvalue weighted by atomic mass is 16.6. The number of anilines is 2. The number of amides is 1. The van der Waals surface area contributed by atoms with Crippen molar-refractivity contribution in [3.05, 3.63) is 28.3 Å². The van der Waals surface area contributed by atoms with Crippen LogP contribution in [0.5, 0.6) is 0 Å². The van der Waals surface area contributed by atoms with Crippen molar-refractivity contribution < 1.29 is 14.5 Å². The first-order valence-corrected chi connectivity index (χ1v) is 4.76. The fraction of sp³-hybridized carbons (Fsp3) is 0.300. The predicted molar refractivity (Wildman–Crippen MR) is 63.5 cm³/mol. The van der Waals surface area contributed by atoms with Gasteiger partial charge in [0, 0.05) is 25.8 Å². The number of benzene rings is 1. The van der Waals surface area contributed by atoms with E-state index in [9.17, 15) is 14.9 Å². The van der Waals surface area contributed by atoms with Crippen molar-refractivity contribution in [3.8, 4) is 0 Å². The number of methoxy groups -OCH3 is 1. The molecule has 0 fully saturated rings. The summed E-state index contributed by atoms with van der Waals surface area (Å²) in [4.78, 5) is 22.9. The molecule has 7 nitrogen and oxygen atoms in total. The van der Waals surface area contributed by atoms with Crippen LogP contribution in [0.1, 0.15) is 0 Å². The van der Waals surface area contributed by atoms with Gasteiger partial charge in [0.2, 0.25) is 0 Å². The highest BCUT2D eigenvalue weighted by Crippen LogP contribution is 2.29. The fourth-order valence-electron chi connectivity index (χ4n) is 1.28. The molecule has 1 aromatic carbocycles. The van der Waals surface area contributed by atoms with Gasteiger partial charge < -0.3 is 9.64 Å². The molecular weight excluding hydrogens is 226 g/mol. The molecule has 0 aliphatic heterocycles. The Bertz CT molecular complexity index is 445. The van der Waals surface area contributed by atoms with Gasteiger partial charge in [-0.25, -0.2) is 4.79 Å². The zero-order valence-corrected chi connectivity index (χ0v) is 9.76. The lowest BCUT2D eigenvalue weighted by atomic mass is 10.2. The van der Waals surface area contributed by atoms with Crippen LogP contribution in [0.25, 0.3) is 0 Å². The molecule has 0 atom stereocenters. The summed E-state index contributed by atoms with van der Waals surface area (Å²) in [7, 11) is 4.61. The summed E-state index contributed by atoms with van der Waals surface area (Å²) >= 11 is 0. The minimum Gasteiger partial charge on any atom is -0.453 e. The van der Waals surface area contributed by atoms with Crippen LogP contribution in [0, 0.1) is 10.1 Å². The molecular formula is C10H13N3O4. The Balaban J connectivity index is 3.10. The summed E-state index contributed by atoms with van der Waals surface area (Å²) in [5.41, 5.74) is 0.820. The van der Waals surface area contributed by atoms with Gasteiger partial charge in [0.1, 0.15) is 5.69 Å². The first-order chi connectivity index (χ1) is 7.95. The molecule has 92 valence electrons. The Morgan fingerprint density at radius 3 is 2.59 bits per heavy atom. The second-order valence-corrected chi connectivity index (χ2v) is 3.47. The Morgan fingerprint density at radius 1 is 1.47 bits per heavy atom. The Kier molecular flexibility index (Phi) is 3.86. The number of nitrogens with one attached hydrogen (secondary N) is 1. The van der Waals surface area contributed by atoms with Gasteiger partial charge in [-0.3, -0.25) is 15.4 Å².